The van der Waals surface area contributed by atoms with Crippen molar-refractivity contribution in [2.75, 3.05) is 18.9 Å². The maximum Gasteiger partial charge on any atom is 0.483 e. The van der Waals surface area contributed by atoms with Gasteiger partial charge in [0.1, 0.15) is 36.6 Å². The number of aromatic amines is 1. The first kappa shape index (κ1) is 31.4. The number of azide groups is 1. The van der Waals surface area contributed by atoms with Gasteiger partial charge in [0.25, 0.3) is 5.56 Å². The number of nitrogens with two attached hydrogens (primary N) is 1. The van der Waals surface area contributed by atoms with Crippen LogP contribution < -0.4 is 11.3 Å². The number of nitrogen functional groups attached to an aromatic ring is 1. The second kappa shape index (κ2) is 12.0. The van der Waals surface area contributed by atoms with Gasteiger partial charge in [-0.25, -0.2) is 14.1 Å². The van der Waals surface area contributed by atoms with Crippen molar-refractivity contribution in [1.29, 1.82) is 0 Å². The van der Waals surface area contributed by atoms with Crippen molar-refractivity contribution >= 4 is 32.8 Å². The summed E-state index contributed by atoms with van der Waals surface area (Å²) >= 11 is 0. The van der Waals surface area contributed by atoms with Crippen LogP contribution in [0.3, 0.4) is 0 Å². The molecular formula is C16H24N8O15P2. The van der Waals surface area contributed by atoms with Gasteiger partial charge in [0.05, 0.1) is 25.6 Å². The molecule has 11 atom stereocenters. The molecule has 0 amide bonds. The molecule has 10 N–H and O–H groups in total. The van der Waals surface area contributed by atoms with Crippen molar-refractivity contribution in [1.82, 2.24) is 19.5 Å². The molecular weight excluding hydrogens is 606 g/mol. The Bertz CT molecular complexity index is 1470. The number of phosphoric ester groups is 2. The molecule has 2 saturated heterocycles. The van der Waals surface area contributed by atoms with Gasteiger partial charge in [-0.1, -0.05) is 5.11 Å². The van der Waals surface area contributed by atoms with Crippen LogP contribution in [0.5, 0.6) is 0 Å². The normalized spacial score (nSPS) is 35.0. The van der Waals surface area contributed by atoms with Gasteiger partial charge in [-0.15, -0.1) is 0 Å². The highest BCUT2D eigenvalue weighted by Crippen LogP contribution is 2.61. The third-order valence-corrected chi connectivity index (χ3v) is 8.50. The van der Waals surface area contributed by atoms with Gasteiger partial charge in [0.2, 0.25) is 5.95 Å². The topological polar surface area (TPSA) is 360 Å². The van der Waals surface area contributed by atoms with Crippen molar-refractivity contribution in [3.63, 3.8) is 0 Å². The van der Waals surface area contributed by atoms with Crippen LogP contribution in [0, 0.1) is 0 Å². The maximum absolute atomic E-state index is 12.4. The summed E-state index contributed by atoms with van der Waals surface area (Å²) in [6, 6.07) is 0. The molecule has 2 aromatic rings. The molecule has 0 aromatic carbocycles. The van der Waals surface area contributed by atoms with E-state index in [0.29, 0.717) is 0 Å². The highest BCUT2D eigenvalue weighted by Gasteiger charge is 2.49. The molecule has 0 spiro atoms. The second-order valence-electron chi connectivity index (χ2n) is 8.67. The third-order valence-electron chi connectivity index (χ3n) is 5.90. The molecule has 23 nitrogen and oxygen atoms in total. The summed E-state index contributed by atoms with van der Waals surface area (Å²) in [4.78, 5) is 44.2. The molecule has 0 radical (unpaired) electrons. The average molecular weight is 630 g/mol. The largest absolute Gasteiger partial charge is 0.483 e. The minimum Gasteiger partial charge on any atom is -0.388 e. The van der Waals surface area contributed by atoms with Crippen LogP contribution in [0.25, 0.3) is 21.6 Å². The number of hydrogen-bond acceptors (Lipinski definition) is 17. The molecule has 2 aliphatic heterocycles. The van der Waals surface area contributed by atoms with Gasteiger partial charge in [-0.05, 0) is 5.53 Å². The van der Waals surface area contributed by atoms with E-state index < -0.39 is 89.6 Å². The quantitative estimate of drug-likeness (QED) is 0.0536. The maximum atomic E-state index is 12.4. The number of aliphatic hydroxyl groups is 5. The molecule has 4 heterocycles. The number of nitrogens with zero attached hydrogens (tertiary/aromatic N) is 6. The number of ether oxygens (including phenoxy) is 2. The fourth-order valence-corrected chi connectivity index (χ4v) is 6.13. The van der Waals surface area contributed by atoms with Gasteiger partial charge in [-0.2, -0.15) is 9.29 Å². The van der Waals surface area contributed by atoms with Crippen LogP contribution >= 0.6 is 15.6 Å². The molecule has 25 heteroatoms. The SMILES string of the molecule is [N-]=[N+]=NCC1O[C@H](OP(=O)(O)OP(=O)(O)OC[C@H]2O[C@@H](n3cnc4c(=O)[nH]c(N)nc43)C(O)C2O)C(O)C(O)[C@@H]1O. The molecule has 2 aromatic heterocycles. The van der Waals surface area contributed by atoms with E-state index in [1.165, 1.54) is 0 Å². The highest BCUT2D eigenvalue weighted by atomic mass is 31.3. The van der Waals surface area contributed by atoms with E-state index in [-0.39, 0.29) is 17.1 Å². The first-order valence-corrected chi connectivity index (χ1v) is 14.3. The summed E-state index contributed by atoms with van der Waals surface area (Å²) < 4.78 is 49.5. The molecule has 0 bridgehead atoms. The van der Waals surface area contributed by atoms with Crippen molar-refractivity contribution in [2.45, 2.75) is 55.2 Å². The van der Waals surface area contributed by atoms with Crippen molar-refractivity contribution in [2.24, 2.45) is 5.11 Å². The Labute approximate surface area is 226 Å². The number of rotatable bonds is 10. The Morgan fingerprint density at radius 2 is 1.76 bits per heavy atom. The van der Waals surface area contributed by atoms with Crippen LogP contribution in [-0.2, 0) is 32.0 Å². The zero-order valence-electron chi connectivity index (χ0n) is 20.2. The van der Waals surface area contributed by atoms with Crippen molar-refractivity contribution in [3.05, 3.63) is 27.1 Å². The van der Waals surface area contributed by atoms with E-state index in [9.17, 15) is 49.2 Å². The predicted octanol–water partition coefficient (Wildman–Crippen LogP) is -3.31. The molecule has 0 saturated carbocycles. The van der Waals surface area contributed by atoms with E-state index in [4.69, 9.17) is 20.7 Å². The van der Waals surface area contributed by atoms with Gasteiger partial charge in [0, 0.05) is 4.91 Å². The van der Waals surface area contributed by atoms with E-state index in [1.54, 1.807) is 0 Å². The first-order valence-electron chi connectivity index (χ1n) is 11.3. The number of aromatic nitrogens is 4. The van der Waals surface area contributed by atoms with E-state index in [2.05, 4.69) is 38.3 Å². The van der Waals surface area contributed by atoms with Gasteiger partial charge in [0.15, 0.2) is 23.7 Å². The molecule has 41 heavy (non-hydrogen) atoms. The highest BCUT2D eigenvalue weighted by molar-refractivity contribution is 7.61. The second-order valence-corrected chi connectivity index (χ2v) is 11.7. The molecule has 228 valence electrons. The van der Waals surface area contributed by atoms with Crippen LogP contribution in [0.2, 0.25) is 0 Å². The standard InChI is InChI=1S/C16H24N8O15P2/c17-16-21-12-6(13(30)22-16)19-3-24(12)14-10(28)8(26)5(36-14)2-35-40(31,32)39-41(33,34)38-15-11(29)9(27)7(25)4(37-15)1-20-23-18/h3-5,7-11,14-15,25-29H,1-2H2,(H,31,32)(H,33,34)(H3,17,21,22,30)/t4?,5-,7-,8?,9?,10?,11?,14-,15-/m1/s1. The summed E-state index contributed by atoms with van der Waals surface area (Å²) in [6.07, 6.45) is -15.1. The number of H-pyrrole nitrogens is 1. The number of hydrogen-bond donors (Lipinski definition) is 9. The zero-order chi connectivity index (χ0) is 30.3. The summed E-state index contributed by atoms with van der Waals surface area (Å²) in [5, 5.41) is 53.7. The molecule has 2 aliphatic rings. The van der Waals surface area contributed by atoms with Crippen LogP contribution in [-0.4, -0.2) is 117 Å². The molecule has 4 rings (SSSR count). The Hall–Kier alpha value is -2.56. The lowest BCUT2D eigenvalue weighted by Gasteiger charge is -2.39. The van der Waals surface area contributed by atoms with E-state index >= 15 is 0 Å². The Morgan fingerprint density at radius 3 is 2.44 bits per heavy atom. The lowest BCUT2D eigenvalue weighted by atomic mass is 9.99. The van der Waals surface area contributed by atoms with Crippen LogP contribution in [0.1, 0.15) is 6.23 Å². The number of aliphatic hydroxyl groups excluding tert-OH is 5. The Morgan fingerprint density at radius 1 is 1.07 bits per heavy atom. The van der Waals surface area contributed by atoms with E-state index in [0.717, 1.165) is 10.9 Å². The summed E-state index contributed by atoms with van der Waals surface area (Å²) in [5.41, 5.74) is 12.9. The zero-order valence-corrected chi connectivity index (χ0v) is 22.0. The molecule has 2 fully saturated rings. The minimum atomic E-state index is -5.63. The predicted molar refractivity (Wildman–Crippen MR) is 127 cm³/mol. The lowest BCUT2D eigenvalue weighted by molar-refractivity contribution is -0.272. The third kappa shape index (κ3) is 6.75. The van der Waals surface area contributed by atoms with E-state index in [1.807, 2.05) is 0 Å². The monoisotopic (exact) mass is 630 g/mol. The van der Waals surface area contributed by atoms with Gasteiger partial charge in [-0.3, -0.25) is 23.4 Å². The fraction of sp³-hybridized carbons (Fsp3) is 0.688. The number of nitrogens with one attached hydrogen (secondary N) is 1. The number of fused-ring (bicyclic) bond motifs is 1. The van der Waals surface area contributed by atoms with Crippen LogP contribution in [0.15, 0.2) is 16.2 Å². The number of phosphoric acid groups is 2. The fourth-order valence-electron chi connectivity index (χ4n) is 3.97. The first-order chi connectivity index (χ1) is 19.1. The van der Waals surface area contributed by atoms with Gasteiger partial charge >= 0.3 is 15.6 Å². The minimum absolute atomic E-state index is 0.120. The lowest BCUT2D eigenvalue weighted by Crippen LogP contribution is -2.58. The van der Waals surface area contributed by atoms with Crippen molar-refractivity contribution < 1.29 is 67.3 Å². The van der Waals surface area contributed by atoms with Gasteiger partial charge < -0.3 is 50.5 Å². The Balaban J connectivity index is 1.39. The summed E-state index contributed by atoms with van der Waals surface area (Å²) in [6.45, 7) is -1.60. The summed E-state index contributed by atoms with van der Waals surface area (Å²) in [5.74, 6) is -0.283. The van der Waals surface area contributed by atoms with Crippen LogP contribution in [0.4, 0.5) is 5.95 Å². The molecule has 7 unspecified atom stereocenters. The van der Waals surface area contributed by atoms with Crippen molar-refractivity contribution in [3.8, 4) is 0 Å². The average Bonchev–Trinajstić information content (AvgIpc) is 3.42. The summed E-state index contributed by atoms with van der Waals surface area (Å²) in [7, 11) is -11.1. The smallest absolute Gasteiger partial charge is 0.388 e. The number of imidazole rings is 1. The Kier molecular flexibility index (Phi) is 9.16. The molecule has 0 aliphatic carbocycles. The number of anilines is 1.